The normalized spacial score (nSPS) is 12.1. The third-order valence-corrected chi connectivity index (χ3v) is 17.5. The number of fused-ring (bicyclic) bond motifs is 1. The summed E-state index contributed by atoms with van der Waals surface area (Å²) in [6.45, 7) is 13.7. The standard InChI is InChI=1S/C52H52GeN3OSi.Pt/c1-52(2,3)40-30-38(29-39(31-40)46-32-37(27-28-54-46)35-17-12-10-13-18-35)43-21-16-22-48-50(43)55-51(44-25-24-42(34-49(44)57)58(7,8)9)56(48)47-26-23-41(53(4,5)6)33-45(47)36-19-14-11-15-20-36;/h10-28,30-34,57H,1-9H3;/q-1;. The van der Waals surface area contributed by atoms with Crippen LogP contribution in [0.5, 0.6) is 5.75 Å². The van der Waals surface area contributed by atoms with E-state index in [1.165, 1.54) is 15.1 Å². The summed E-state index contributed by atoms with van der Waals surface area (Å²) in [5, 5.41) is 13.1. The number of hydrogen-bond donors (Lipinski definition) is 1. The van der Waals surface area contributed by atoms with E-state index in [2.05, 4.69) is 196 Å². The SMILES string of the molecule is CC(C)(C)c1cc(-c2cc(-c3ccccc3)ccn2)[c-]c(-c2cccc3c2nc(-c2ccc([Si](C)(C)C)cc2O)n3-c2cc[c]([Ge]([CH3])([CH3])[CH3])cc2-c2ccccc2)c1.[Pt]. The molecule has 0 unspecified atom stereocenters. The molecule has 4 nitrogen and oxygen atoms in total. The van der Waals surface area contributed by atoms with Crippen molar-refractivity contribution in [2.75, 3.05) is 0 Å². The molecule has 0 fully saturated rings. The number of benzene rings is 6. The van der Waals surface area contributed by atoms with Crippen LogP contribution in [0.4, 0.5) is 0 Å². The van der Waals surface area contributed by atoms with Crippen LogP contribution in [0.3, 0.4) is 0 Å². The van der Waals surface area contributed by atoms with Gasteiger partial charge in [-0.15, -0.1) is 0 Å². The minimum Gasteiger partial charge on any atom is 0 e. The summed E-state index contributed by atoms with van der Waals surface area (Å²) >= 11 is -2.24. The molecule has 2 aromatic heterocycles. The average Bonchev–Trinajstić information content (AvgIpc) is 3.59. The van der Waals surface area contributed by atoms with Crippen molar-refractivity contribution in [1.29, 1.82) is 0 Å². The summed E-state index contributed by atoms with van der Waals surface area (Å²) in [6, 6.07) is 53.3. The Bertz CT molecular complexity index is 2800. The number of imidazole rings is 1. The monoisotopic (exact) mass is 1030 g/mol. The van der Waals surface area contributed by atoms with Crippen LogP contribution in [0.1, 0.15) is 26.3 Å². The van der Waals surface area contributed by atoms with E-state index in [1.807, 2.05) is 18.3 Å². The van der Waals surface area contributed by atoms with Crippen molar-refractivity contribution in [3.63, 3.8) is 0 Å². The van der Waals surface area contributed by atoms with E-state index >= 15 is 0 Å². The first-order chi connectivity index (χ1) is 27.6. The number of phenols is 1. The van der Waals surface area contributed by atoms with Gasteiger partial charge in [0, 0.05) is 27.3 Å². The van der Waals surface area contributed by atoms with Gasteiger partial charge in [0.2, 0.25) is 0 Å². The van der Waals surface area contributed by atoms with Gasteiger partial charge in [0.1, 0.15) is 0 Å². The zero-order chi connectivity index (χ0) is 41.0. The van der Waals surface area contributed by atoms with Gasteiger partial charge in [-0.3, -0.25) is 4.98 Å². The first-order valence-corrected chi connectivity index (χ1v) is 31.1. The molecule has 0 aliphatic rings. The number of phenolic OH excluding ortho intramolecular Hbond substituents is 1. The minimum atomic E-state index is -2.24. The summed E-state index contributed by atoms with van der Waals surface area (Å²) in [5.41, 5.74) is 12.9. The van der Waals surface area contributed by atoms with Crippen molar-refractivity contribution in [2.45, 2.75) is 63.1 Å². The number of aromatic hydroxyl groups is 1. The number of para-hydroxylation sites is 1. The fourth-order valence-electron chi connectivity index (χ4n) is 7.65. The quantitative estimate of drug-likeness (QED) is 0.122. The Hall–Kier alpha value is -4.81. The van der Waals surface area contributed by atoms with E-state index in [4.69, 9.17) is 9.97 Å². The van der Waals surface area contributed by atoms with Crippen molar-refractivity contribution in [3.8, 4) is 67.5 Å². The summed E-state index contributed by atoms with van der Waals surface area (Å²) in [6.07, 6.45) is 1.89. The first kappa shape index (κ1) is 42.3. The molecule has 8 aromatic rings. The average molecular weight is 1030 g/mol. The molecule has 0 aliphatic heterocycles. The van der Waals surface area contributed by atoms with Gasteiger partial charge in [-0.25, -0.2) is 0 Å². The molecular formula is C52H52GeN3OPtSi-. The predicted molar refractivity (Wildman–Crippen MR) is 251 cm³/mol. The summed E-state index contributed by atoms with van der Waals surface area (Å²) < 4.78 is 3.70. The van der Waals surface area contributed by atoms with E-state index in [9.17, 15) is 5.11 Å². The number of aromatic nitrogens is 3. The maximum Gasteiger partial charge on any atom is 0 e. The summed E-state index contributed by atoms with van der Waals surface area (Å²) in [7, 11) is -1.70. The van der Waals surface area contributed by atoms with Gasteiger partial charge in [-0.05, 0) is 17.2 Å². The molecule has 2 heterocycles. The Morgan fingerprint density at radius 2 is 1.32 bits per heavy atom. The third kappa shape index (κ3) is 8.62. The van der Waals surface area contributed by atoms with Gasteiger partial charge in [0.25, 0.3) is 0 Å². The van der Waals surface area contributed by atoms with E-state index in [0.29, 0.717) is 11.4 Å². The molecule has 7 heteroatoms. The minimum absolute atomic E-state index is 0. The number of hydrogen-bond acceptors (Lipinski definition) is 3. The van der Waals surface area contributed by atoms with Crippen molar-refractivity contribution in [2.24, 2.45) is 0 Å². The fourth-order valence-corrected chi connectivity index (χ4v) is 11.2. The van der Waals surface area contributed by atoms with Crippen LogP contribution in [0.2, 0.25) is 36.9 Å². The van der Waals surface area contributed by atoms with E-state index < -0.39 is 21.3 Å². The second-order valence-electron chi connectivity index (χ2n) is 18.5. The van der Waals surface area contributed by atoms with Crippen LogP contribution in [-0.4, -0.2) is 41.0 Å². The molecule has 300 valence electrons. The Morgan fingerprint density at radius 1 is 0.644 bits per heavy atom. The molecule has 0 amide bonds. The van der Waals surface area contributed by atoms with Gasteiger partial charge in [0.05, 0.1) is 0 Å². The van der Waals surface area contributed by atoms with Crippen LogP contribution < -0.4 is 9.58 Å². The number of rotatable bonds is 8. The zero-order valence-electron chi connectivity index (χ0n) is 35.5. The number of pyridine rings is 1. The second-order valence-corrected chi connectivity index (χ2v) is 34.2. The third-order valence-electron chi connectivity index (χ3n) is 11.1. The second kappa shape index (κ2) is 16.3. The molecular weight excluding hydrogens is 978 g/mol. The summed E-state index contributed by atoms with van der Waals surface area (Å²) in [4.78, 5) is 10.4. The topological polar surface area (TPSA) is 50.9 Å². The fraction of sp³-hybridized carbons (Fsp3) is 0.192. The van der Waals surface area contributed by atoms with Crippen LogP contribution >= 0.6 is 0 Å². The molecule has 8 rings (SSSR count). The van der Waals surface area contributed by atoms with Crippen molar-refractivity contribution in [1.82, 2.24) is 14.5 Å². The molecule has 1 N–H and O–H groups in total. The van der Waals surface area contributed by atoms with Gasteiger partial charge in [0.15, 0.2) is 0 Å². The number of nitrogens with zero attached hydrogens (tertiary/aromatic N) is 3. The Morgan fingerprint density at radius 3 is 1.97 bits per heavy atom. The first-order valence-electron chi connectivity index (χ1n) is 20.2. The maximum atomic E-state index is 11.9. The summed E-state index contributed by atoms with van der Waals surface area (Å²) in [5.74, 6) is 8.27. The zero-order valence-corrected chi connectivity index (χ0v) is 40.8. The Labute approximate surface area is 368 Å². The predicted octanol–water partition coefficient (Wildman–Crippen LogP) is 12.6. The van der Waals surface area contributed by atoms with Gasteiger partial charge in [-0.2, -0.15) is 0 Å². The van der Waals surface area contributed by atoms with Crippen LogP contribution in [0.25, 0.3) is 72.7 Å². The van der Waals surface area contributed by atoms with Gasteiger partial charge >= 0.3 is 264 Å². The van der Waals surface area contributed by atoms with Crippen LogP contribution in [0, 0.1) is 6.07 Å². The van der Waals surface area contributed by atoms with Gasteiger partial charge in [-0.1, -0.05) is 57.2 Å². The molecule has 0 saturated carbocycles. The van der Waals surface area contributed by atoms with E-state index in [0.717, 1.165) is 61.4 Å². The molecule has 0 spiro atoms. The van der Waals surface area contributed by atoms with Crippen molar-refractivity contribution < 1.29 is 26.2 Å². The van der Waals surface area contributed by atoms with Crippen molar-refractivity contribution in [3.05, 3.63) is 157 Å². The largest absolute Gasteiger partial charge is 0 e. The molecule has 59 heavy (non-hydrogen) atoms. The van der Waals surface area contributed by atoms with E-state index in [-0.39, 0.29) is 32.2 Å². The molecule has 0 atom stereocenters. The smallest absolute Gasteiger partial charge is 0 e. The Kier molecular flexibility index (Phi) is 11.7. The molecule has 6 aromatic carbocycles. The van der Waals surface area contributed by atoms with Crippen molar-refractivity contribution >= 4 is 42.0 Å². The van der Waals surface area contributed by atoms with Gasteiger partial charge < -0.3 is 0 Å². The molecule has 0 aliphatic carbocycles. The Balaban J connectivity index is 0.00000528. The molecule has 0 bridgehead atoms. The molecule has 0 radical (unpaired) electrons. The van der Waals surface area contributed by atoms with E-state index in [1.54, 1.807) is 0 Å². The molecule has 0 saturated heterocycles. The van der Waals surface area contributed by atoms with Crippen LogP contribution in [-0.2, 0) is 26.5 Å². The maximum absolute atomic E-state index is 11.9. The van der Waals surface area contributed by atoms with Crippen LogP contribution in [0.15, 0.2) is 146 Å².